The number of aromatic hydroxyl groups is 1. The van der Waals surface area contributed by atoms with Crippen molar-refractivity contribution in [1.29, 1.82) is 0 Å². The van der Waals surface area contributed by atoms with Gasteiger partial charge in [0.25, 0.3) is 0 Å². The van der Waals surface area contributed by atoms with Crippen LogP contribution in [-0.4, -0.2) is 16.5 Å². The van der Waals surface area contributed by atoms with Gasteiger partial charge in [0.15, 0.2) is 0 Å². The minimum absolute atomic E-state index is 0.185. The average Bonchev–Trinajstić information content (AvgIpc) is 2.37. The fourth-order valence-corrected chi connectivity index (χ4v) is 2.09. The number of phenolic OH excluding ortho intramolecular Hbond substituents is 1. The van der Waals surface area contributed by atoms with Crippen LogP contribution in [0.2, 0.25) is 10.0 Å². The van der Waals surface area contributed by atoms with E-state index < -0.39 is 0 Å². The topological polar surface area (TPSA) is 52.8 Å². The third kappa shape index (κ3) is 2.42. The largest absolute Gasteiger partial charge is 0.508 e. The molecule has 2 aromatic rings. The van der Waals surface area contributed by atoms with Gasteiger partial charge in [-0.1, -0.05) is 52.6 Å². The van der Waals surface area contributed by atoms with Crippen molar-refractivity contribution in [3.8, 4) is 16.9 Å². The summed E-state index contributed by atoms with van der Waals surface area (Å²) in [5.41, 5.74) is 2.12. The van der Waals surface area contributed by atoms with E-state index in [1.807, 2.05) is 0 Å². The van der Waals surface area contributed by atoms with Gasteiger partial charge in [-0.15, -0.1) is 0 Å². The minimum atomic E-state index is 0.185. The van der Waals surface area contributed by atoms with Crippen LogP contribution in [0.15, 0.2) is 41.6 Å². The molecule has 0 saturated heterocycles. The maximum absolute atomic E-state index is 9.24. The van der Waals surface area contributed by atoms with Crippen LogP contribution in [0.4, 0.5) is 0 Å². The minimum Gasteiger partial charge on any atom is -0.508 e. The molecular formula is C13H9Cl2NO2. The second kappa shape index (κ2) is 5.29. The van der Waals surface area contributed by atoms with E-state index >= 15 is 0 Å². The van der Waals surface area contributed by atoms with Gasteiger partial charge in [0, 0.05) is 11.1 Å². The smallest absolute Gasteiger partial charge is 0.115 e. The van der Waals surface area contributed by atoms with E-state index in [4.69, 9.17) is 28.4 Å². The van der Waals surface area contributed by atoms with Gasteiger partial charge < -0.3 is 10.3 Å². The first kappa shape index (κ1) is 12.7. The zero-order valence-electron chi connectivity index (χ0n) is 9.14. The molecule has 0 aliphatic heterocycles. The summed E-state index contributed by atoms with van der Waals surface area (Å²) in [5, 5.41) is 21.3. The second-order valence-corrected chi connectivity index (χ2v) is 4.38. The normalized spacial score (nSPS) is 11.0. The molecule has 0 radical (unpaired) electrons. The number of hydrogen-bond acceptors (Lipinski definition) is 3. The first-order valence-electron chi connectivity index (χ1n) is 5.08. The second-order valence-electron chi connectivity index (χ2n) is 3.62. The lowest BCUT2D eigenvalue weighted by atomic mass is 10.0. The molecule has 0 fully saturated rings. The third-order valence-electron chi connectivity index (χ3n) is 2.49. The molecule has 0 saturated carbocycles. The Labute approximate surface area is 114 Å². The van der Waals surface area contributed by atoms with E-state index in [1.54, 1.807) is 36.4 Å². The average molecular weight is 282 g/mol. The summed E-state index contributed by atoms with van der Waals surface area (Å²) < 4.78 is 0. The van der Waals surface area contributed by atoms with Gasteiger partial charge >= 0.3 is 0 Å². The molecule has 0 heterocycles. The zero-order chi connectivity index (χ0) is 13.1. The maximum Gasteiger partial charge on any atom is 0.115 e. The molecule has 2 N–H and O–H groups in total. The number of halogens is 2. The first-order chi connectivity index (χ1) is 8.63. The van der Waals surface area contributed by atoms with Crippen molar-refractivity contribution >= 4 is 29.4 Å². The van der Waals surface area contributed by atoms with E-state index in [0.717, 1.165) is 11.1 Å². The quantitative estimate of drug-likeness (QED) is 0.493. The van der Waals surface area contributed by atoms with E-state index in [-0.39, 0.29) is 5.75 Å². The summed E-state index contributed by atoms with van der Waals surface area (Å²) in [6.45, 7) is 0. The van der Waals surface area contributed by atoms with Crippen LogP contribution < -0.4 is 0 Å². The van der Waals surface area contributed by atoms with Crippen molar-refractivity contribution in [2.24, 2.45) is 5.16 Å². The third-order valence-corrected chi connectivity index (χ3v) is 3.38. The lowest BCUT2D eigenvalue weighted by Gasteiger charge is -2.08. The van der Waals surface area contributed by atoms with Crippen LogP contribution in [0.3, 0.4) is 0 Å². The molecular weight excluding hydrogens is 273 g/mol. The zero-order valence-corrected chi connectivity index (χ0v) is 10.7. The van der Waals surface area contributed by atoms with Crippen molar-refractivity contribution in [3.05, 3.63) is 52.0 Å². The van der Waals surface area contributed by atoms with E-state index in [2.05, 4.69) is 5.16 Å². The molecule has 0 bridgehead atoms. The Morgan fingerprint density at radius 3 is 2.22 bits per heavy atom. The van der Waals surface area contributed by atoms with Gasteiger partial charge in [-0.25, -0.2) is 0 Å². The molecule has 2 aromatic carbocycles. The Bertz CT molecular complexity index is 595. The van der Waals surface area contributed by atoms with Crippen molar-refractivity contribution in [1.82, 2.24) is 0 Å². The lowest BCUT2D eigenvalue weighted by molar-refractivity contribution is 0.322. The number of rotatable bonds is 2. The number of nitrogens with zero attached hydrogens (tertiary/aromatic N) is 1. The monoisotopic (exact) mass is 281 g/mol. The molecule has 2 rings (SSSR count). The Morgan fingerprint density at radius 2 is 1.61 bits per heavy atom. The number of benzene rings is 2. The van der Waals surface area contributed by atoms with Crippen molar-refractivity contribution in [2.75, 3.05) is 0 Å². The molecule has 0 atom stereocenters. The highest BCUT2D eigenvalue weighted by Crippen LogP contribution is 2.35. The van der Waals surface area contributed by atoms with Crippen LogP contribution in [0.1, 0.15) is 5.56 Å². The molecule has 0 unspecified atom stereocenters. The summed E-state index contributed by atoms with van der Waals surface area (Å²) in [4.78, 5) is 0. The summed E-state index contributed by atoms with van der Waals surface area (Å²) in [6.07, 6.45) is 1.22. The molecule has 92 valence electrons. The van der Waals surface area contributed by atoms with E-state index in [9.17, 15) is 5.11 Å². The highest BCUT2D eigenvalue weighted by molar-refractivity contribution is 6.45. The summed E-state index contributed by atoms with van der Waals surface area (Å²) in [5.74, 6) is 0.185. The molecule has 0 aliphatic rings. The first-order valence-corrected chi connectivity index (χ1v) is 5.84. The number of phenols is 1. The van der Waals surface area contributed by atoms with Gasteiger partial charge in [0.2, 0.25) is 0 Å². The van der Waals surface area contributed by atoms with Crippen molar-refractivity contribution in [2.45, 2.75) is 0 Å². The Balaban J connectivity index is 2.53. The van der Waals surface area contributed by atoms with Crippen LogP contribution >= 0.6 is 23.2 Å². The van der Waals surface area contributed by atoms with Crippen LogP contribution in [-0.2, 0) is 0 Å². The SMILES string of the molecule is O/N=C/c1ccc(-c2ccc(O)cc2)c(Cl)c1Cl. The standard InChI is InChI=1S/C13H9Cl2NO2/c14-12-9(7-16-18)3-6-11(13(12)15)8-1-4-10(17)5-2-8/h1-7,17-18H/b16-7+. The summed E-state index contributed by atoms with van der Waals surface area (Å²) in [6, 6.07) is 10.1. The van der Waals surface area contributed by atoms with Gasteiger partial charge in [-0.05, 0) is 17.7 Å². The fraction of sp³-hybridized carbons (Fsp3) is 0. The molecule has 0 spiro atoms. The van der Waals surface area contributed by atoms with Crippen LogP contribution in [0.5, 0.6) is 5.75 Å². The molecule has 0 amide bonds. The molecule has 18 heavy (non-hydrogen) atoms. The summed E-state index contributed by atoms with van der Waals surface area (Å²) >= 11 is 12.2. The molecule has 0 aliphatic carbocycles. The van der Waals surface area contributed by atoms with Crippen molar-refractivity contribution < 1.29 is 10.3 Å². The van der Waals surface area contributed by atoms with Gasteiger partial charge in [-0.2, -0.15) is 0 Å². The lowest BCUT2D eigenvalue weighted by Crippen LogP contribution is -1.87. The van der Waals surface area contributed by atoms with Gasteiger partial charge in [-0.3, -0.25) is 0 Å². The number of hydrogen-bond donors (Lipinski definition) is 2. The highest BCUT2D eigenvalue weighted by Gasteiger charge is 2.10. The Hall–Kier alpha value is -1.71. The van der Waals surface area contributed by atoms with Gasteiger partial charge in [0.1, 0.15) is 5.75 Å². The Kier molecular flexibility index (Phi) is 3.75. The highest BCUT2D eigenvalue weighted by atomic mass is 35.5. The summed E-state index contributed by atoms with van der Waals surface area (Å²) in [7, 11) is 0. The van der Waals surface area contributed by atoms with Crippen molar-refractivity contribution in [3.63, 3.8) is 0 Å². The van der Waals surface area contributed by atoms with Crippen LogP contribution in [0.25, 0.3) is 11.1 Å². The predicted molar refractivity (Wildman–Crippen MR) is 72.9 cm³/mol. The fourth-order valence-electron chi connectivity index (χ4n) is 1.59. The Morgan fingerprint density at radius 1 is 0.944 bits per heavy atom. The van der Waals surface area contributed by atoms with Gasteiger partial charge in [0.05, 0.1) is 16.3 Å². The molecule has 3 nitrogen and oxygen atoms in total. The maximum atomic E-state index is 9.24. The predicted octanol–water partition coefficient (Wildman–Crippen LogP) is 4.17. The van der Waals surface area contributed by atoms with Crippen LogP contribution in [0, 0.1) is 0 Å². The molecule has 5 heteroatoms. The van der Waals surface area contributed by atoms with E-state index in [1.165, 1.54) is 6.21 Å². The van der Waals surface area contributed by atoms with E-state index in [0.29, 0.717) is 15.6 Å². The number of oxime groups is 1. The molecule has 0 aromatic heterocycles.